The van der Waals surface area contributed by atoms with Crippen LogP contribution in [0.5, 0.6) is 0 Å². The van der Waals surface area contributed by atoms with Gasteiger partial charge in [0.25, 0.3) is 5.91 Å². The number of amides is 1. The van der Waals surface area contributed by atoms with Gasteiger partial charge in [-0.3, -0.25) is 9.69 Å². The molecule has 5 heteroatoms. The van der Waals surface area contributed by atoms with Crippen molar-refractivity contribution in [3.63, 3.8) is 0 Å². The van der Waals surface area contributed by atoms with E-state index in [-0.39, 0.29) is 17.8 Å². The average Bonchev–Trinajstić information content (AvgIpc) is 3.23. The molecule has 2 fully saturated rings. The molecule has 148 valence electrons. The van der Waals surface area contributed by atoms with Gasteiger partial charge in [0.2, 0.25) is 0 Å². The van der Waals surface area contributed by atoms with Crippen molar-refractivity contribution in [1.29, 1.82) is 0 Å². The average molecular weight is 382 g/mol. The van der Waals surface area contributed by atoms with Gasteiger partial charge in [-0.1, -0.05) is 24.3 Å². The first-order valence-corrected chi connectivity index (χ1v) is 10.1. The predicted molar refractivity (Wildman–Crippen MR) is 107 cm³/mol. The van der Waals surface area contributed by atoms with Gasteiger partial charge in [-0.25, -0.2) is 4.39 Å². The Hall–Kier alpha value is -2.24. The molecule has 2 heterocycles. The number of halogens is 1. The van der Waals surface area contributed by atoms with Crippen LogP contribution in [0.25, 0.3) is 0 Å². The molecule has 4 nitrogen and oxygen atoms in total. The van der Waals surface area contributed by atoms with E-state index in [0.29, 0.717) is 30.8 Å². The summed E-state index contributed by atoms with van der Waals surface area (Å²) in [4.78, 5) is 17.2. The molecule has 0 N–H and O–H groups in total. The lowest BCUT2D eigenvalue weighted by Crippen LogP contribution is -2.42. The van der Waals surface area contributed by atoms with Crippen molar-refractivity contribution in [3.8, 4) is 0 Å². The number of morpholine rings is 1. The van der Waals surface area contributed by atoms with Gasteiger partial charge in [0.1, 0.15) is 11.9 Å². The highest BCUT2D eigenvalue weighted by molar-refractivity contribution is 5.94. The van der Waals surface area contributed by atoms with E-state index in [2.05, 4.69) is 17.0 Å². The number of hydrogen-bond donors (Lipinski definition) is 0. The van der Waals surface area contributed by atoms with Crippen molar-refractivity contribution in [3.05, 3.63) is 70.5 Å². The number of nitrogens with zero attached hydrogens (tertiary/aromatic N) is 2. The fraction of sp³-hybridized carbons (Fsp3) is 0.435. The molecule has 0 aliphatic carbocycles. The molecule has 0 aromatic heterocycles. The summed E-state index contributed by atoms with van der Waals surface area (Å²) in [6, 6.07) is 13.0. The number of rotatable bonds is 4. The van der Waals surface area contributed by atoms with Crippen LogP contribution in [0.15, 0.2) is 42.5 Å². The van der Waals surface area contributed by atoms with Crippen LogP contribution in [0.3, 0.4) is 0 Å². The number of benzene rings is 2. The molecule has 28 heavy (non-hydrogen) atoms. The van der Waals surface area contributed by atoms with E-state index in [1.54, 1.807) is 19.1 Å². The van der Waals surface area contributed by atoms with Gasteiger partial charge in [-0.05, 0) is 67.7 Å². The Morgan fingerprint density at radius 1 is 1.11 bits per heavy atom. The van der Waals surface area contributed by atoms with Crippen LogP contribution in [0.1, 0.15) is 46.0 Å². The summed E-state index contributed by atoms with van der Waals surface area (Å²) in [5.74, 6) is -0.193. The van der Waals surface area contributed by atoms with Crippen LogP contribution >= 0.6 is 0 Å². The van der Waals surface area contributed by atoms with Gasteiger partial charge in [-0.2, -0.15) is 0 Å². The molecule has 0 radical (unpaired) electrons. The van der Waals surface area contributed by atoms with E-state index in [1.807, 2.05) is 17.0 Å². The Morgan fingerprint density at radius 3 is 2.57 bits per heavy atom. The number of hydrogen-bond acceptors (Lipinski definition) is 3. The first kappa shape index (κ1) is 19.1. The second-order valence-electron chi connectivity index (χ2n) is 7.80. The van der Waals surface area contributed by atoms with E-state index < -0.39 is 0 Å². The standard InChI is InChI=1S/C23H27FN2O2/c1-17-14-20(8-9-21(17)24)22-16-26(12-13-28-22)23(27)19-6-4-18(5-7-19)15-25-10-2-3-11-25/h4-9,14,22H,2-3,10-13,15-16H2,1H3/t22-/m0/s1. The third-order valence-electron chi connectivity index (χ3n) is 5.71. The summed E-state index contributed by atoms with van der Waals surface area (Å²) in [5.41, 5.74) is 3.47. The Balaban J connectivity index is 1.41. The summed E-state index contributed by atoms with van der Waals surface area (Å²) in [7, 11) is 0. The highest BCUT2D eigenvalue weighted by Crippen LogP contribution is 2.25. The molecule has 0 saturated carbocycles. The zero-order valence-electron chi connectivity index (χ0n) is 16.4. The first-order valence-electron chi connectivity index (χ1n) is 10.1. The smallest absolute Gasteiger partial charge is 0.254 e. The van der Waals surface area contributed by atoms with Gasteiger partial charge in [-0.15, -0.1) is 0 Å². The minimum atomic E-state index is -0.221. The third-order valence-corrected chi connectivity index (χ3v) is 5.71. The maximum Gasteiger partial charge on any atom is 0.254 e. The van der Waals surface area contributed by atoms with Crippen LogP contribution in [0.4, 0.5) is 4.39 Å². The molecule has 0 spiro atoms. The lowest BCUT2D eigenvalue weighted by atomic mass is 10.0. The molecule has 2 aliphatic rings. The fourth-order valence-electron chi connectivity index (χ4n) is 4.04. The number of carbonyl (C=O) groups is 1. The number of carbonyl (C=O) groups excluding carboxylic acids is 1. The monoisotopic (exact) mass is 382 g/mol. The van der Waals surface area contributed by atoms with Crippen molar-refractivity contribution in [2.75, 3.05) is 32.8 Å². The van der Waals surface area contributed by atoms with Crippen LogP contribution in [0.2, 0.25) is 0 Å². The van der Waals surface area contributed by atoms with Crippen LogP contribution in [0, 0.1) is 12.7 Å². The molecule has 2 aromatic rings. The van der Waals surface area contributed by atoms with Crippen molar-refractivity contribution in [2.24, 2.45) is 0 Å². The van der Waals surface area contributed by atoms with Crippen LogP contribution in [-0.2, 0) is 11.3 Å². The number of ether oxygens (including phenoxy) is 1. The Labute approximate surface area is 165 Å². The van der Waals surface area contributed by atoms with Crippen molar-refractivity contribution < 1.29 is 13.9 Å². The van der Waals surface area contributed by atoms with Gasteiger partial charge < -0.3 is 9.64 Å². The van der Waals surface area contributed by atoms with Gasteiger partial charge in [0, 0.05) is 18.7 Å². The van der Waals surface area contributed by atoms with Crippen LogP contribution < -0.4 is 0 Å². The van der Waals surface area contributed by atoms with Crippen molar-refractivity contribution in [1.82, 2.24) is 9.80 Å². The van der Waals surface area contributed by atoms with Gasteiger partial charge in [0.05, 0.1) is 13.2 Å². The number of likely N-dealkylation sites (tertiary alicyclic amines) is 1. The second-order valence-corrected chi connectivity index (χ2v) is 7.80. The van der Waals surface area contributed by atoms with E-state index in [0.717, 1.165) is 12.1 Å². The van der Waals surface area contributed by atoms with Gasteiger partial charge >= 0.3 is 0 Å². The first-order chi connectivity index (χ1) is 13.6. The van der Waals surface area contributed by atoms with E-state index in [1.165, 1.54) is 37.6 Å². The molecular formula is C23H27FN2O2. The van der Waals surface area contributed by atoms with E-state index >= 15 is 0 Å². The molecule has 0 unspecified atom stereocenters. The zero-order valence-corrected chi connectivity index (χ0v) is 16.4. The zero-order chi connectivity index (χ0) is 19.5. The maximum absolute atomic E-state index is 13.5. The Bertz CT molecular complexity index is 831. The normalized spacial score (nSPS) is 20.5. The minimum absolute atomic E-state index is 0.0276. The fourth-order valence-corrected chi connectivity index (χ4v) is 4.04. The molecule has 1 atom stereocenters. The van der Waals surface area contributed by atoms with Crippen LogP contribution in [-0.4, -0.2) is 48.5 Å². The third kappa shape index (κ3) is 4.26. The molecule has 2 saturated heterocycles. The largest absolute Gasteiger partial charge is 0.370 e. The highest BCUT2D eigenvalue weighted by atomic mass is 19.1. The molecule has 2 aliphatic heterocycles. The van der Waals surface area contributed by atoms with E-state index in [9.17, 15) is 9.18 Å². The Morgan fingerprint density at radius 2 is 1.86 bits per heavy atom. The molecule has 1 amide bonds. The van der Waals surface area contributed by atoms with E-state index in [4.69, 9.17) is 4.74 Å². The summed E-state index contributed by atoms with van der Waals surface area (Å²) in [6.07, 6.45) is 2.34. The lowest BCUT2D eigenvalue weighted by Gasteiger charge is -2.33. The molecule has 4 rings (SSSR count). The highest BCUT2D eigenvalue weighted by Gasteiger charge is 2.26. The molecule has 2 aromatic carbocycles. The van der Waals surface area contributed by atoms with Crippen molar-refractivity contribution in [2.45, 2.75) is 32.4 Å². The Kier molecular flexibility index (Phi) is 5.74. The molecule has 0 bridgehead atoms. The minimum Gasteiger partial charge on any atom is -0.370 e. The van der Waals surface area contributed by atoms with Gasteiger partial charge in [0.15, 0.2) is 0 Å². The predicted octanol–water partition coefficient (Wildman–Crippen LogP) is 3.94. The van der Waals surface area contributed by atoms with Crippen molar-refractivity contribution >= 4 is 5.91 Å². The summed E-state index contributed by atoms with van der Waals surface area (Å²) < 4.78 is 19.4. The topological polar surface area (TPSA) is 32.8 Å². The lowest BCUT2D eigenvalue weighted by molar-refractivity contribution is -0.0228. The maximum atomic E-state index is 13.5. The summed E-state index contributed by atoms with van der Waals surface area (Å²) in [5, 5.41) is 0. The quantitative estimate of drug-likeness (QED) is 0.803. The number of aryl methyl sites for hydroxylation is 1. The molecular weight excluding hydrogens is 355 g/mol. The summed E-state index contributed by atoms with van der Waals surface area (Å²) in [6.45, 7) is 6.58. The SMILES string of the molecule is Cc1cc([C@@H]2CN(C(=O)c3ccc(CN4CCCC4)cc3)CCO2)ccc1F. The second kappa shape index (κ2) is 8.41. The summed E-state index contributed by atoms with van der Waals surface area (Å²) >= 11 is 0.